The van der Waals surface area contributed by atoms with Crippen molar-refractivity contribution in [3.63, 3.8) is 0 Å². The lowest BCUT2D eigenvalue weighted by Crippen LogP contribution is -2.29. The molecule has 0 amide bonds. The molecule has 0 unspecified atom stereocenters. The highest BCUT2D eigenvalue weighted by Crippen LogP contribution is 2.37. The van der Waals surface area contributed by atoms with Gasteiger partial charge in [-0.1, -0.05) is 36.4 Å². The number of hydrogen-bond acceptors (Lipinski definition) is 3. The minimum Gasteiger partial charge on any atom is -0.367 e. The molecule has 0 radical (unpaired) electrons. The van der Waals surface area contributed by atoms with Crippen LogP contribution in [0.1, 0.15) is 49.3 Å². The lowest BCUT2D eigenvalue weighted by molar-refractivity contribution is 0.248. The molecule has 2 fully saturated rings. The molecule has 1 aromatic carbocycles. The van der Waals surface area contributed by atoms with Crippen molar-refractivity contribution >= 4 is 5.82 Å². The zero-order valence-electron chi connectivity index (χ0n) is 13.6. The summed E-state index contributed by atoms with van der Waals surface area (Å²) in [6.45, 7) is 2.21. The molecule has 0 bridgehead atoms. The quantitative estimate of drug-likeness (QED) is 0.888. The molecular formula is C20H25N3. The third kappa shape index (κ3) is 3.25. The molecule has 1 atom stereocenters. The van der Waals surface area contributed by atoms with E-state index < -0.39 is 0 Å². The van der Waals surface area contributed by atoms with Crippen LogP contribution in [-0.4, -0.2) is 22.5 Å². The van der Waals surface area contributed by atoms with Crippen molar-refractivity contribution in [2.75, 3.05) is 11.9 Å². The Balaban J connectivity index is 1.54. The van der Waals surface area contributed by atoms with E-state index in [2.05, 4.69) is 57.7 Å². The topological polar surface area (TPSA) is 28.2 Å². The number of benzene rings is 1. The van der Waals surface area contributed by atoms with Crippen LogP contribution < -0.4 is 5.32 Å². The first-order chi connectivity index (χ1) is 11.4. The lowest BCUT2D eigenvalue weighted by atomic mass is 9.92. The molecule has 2 aromatic rings. The zero-order chi connectivity index (χ0) is 15.5. The van der Waals surface area contributed by atoms with Gasteiger partial charge in [0.05, 0.1) is 0 Å². The minimum atomic E-state index is 0.492. The number of nitrogens with zero attached hydrogens (tertiary/aromatic N) is 2. The summed E-state index contributed by atoms with van der Waals surface area (Å²) >= 11 is 0. The van der Waals surface area contributed by atoms with Crippen LogP contribution in [0.3, 0.4) is 0 Å². The molecule has 23 heavy (non-hydrogen) atoms. The summed E-state index contributed by atoms with van der Waals surface area (Å²) in [6, 6.07) is 16.3. The Hall–Kier alpha value is -1.87. The van der Waals surface area contributed by atoms with Gasteiger partial charge >= 0.3 is 0 Å². The highest BCUT2D eigenvalue weighted by Gasteiger charge is 2.29. The monoisotopic (exact) mass is 307 g/mol. The van der Waals surface area contributed by atoms with Crippen LogP contribution in [0.15, 0.2) is 48.7 Å². The summed E-state index contributed by atoms with van der Waals surface area (Å²) in [6.07, 6.45) is 8.35. The largest absolute Gasteiger partial charge is 0.367 e. The Kier molecular flexibility index (Phi) is 4.29. The van der Waals surface area contributed by atoms with Crippen LogP contribution >= 0.6 is 0 Å². The summed E-state index contributed by atoms with van der Waals surface area (Å²) in [7, 11) is 0. The van der Waals surface area contributed by atoms with Crippen molar-refractivity contribution in [1.82, 2.24) is 9.88 Å². The van der Waals surface area contributed by atoms with Gasteiger partial charge in [-0.25, -0.2) is 4.98 Å². The number of rotatable bonds is 5. The first-order valence-electron chi connectivity index (χ1n) is 8.89. The maximum Gasteiger partial charge on any atom is 0.130 e. The van der Waals surface area contributed by atoms with Gasteiger partial charge in [-0.3, -0.25) is 4.90 Å². The van der Waals surface area contributed by atoms with Gasteiger partial charge in [0.1, 0.15) is 5.82 Å². The Labute approximate surface area is 138 Å². The average Bonchev–Trinajstić information content (AvgIpc) is 3.00. The molecule has 1 N–H and O–H groups in total. The van der Waals surface area contributed by atoms with E-state index in [1.807, 2.05) is 6.20 Å². The zero-order valence-corrected chi connectivity index (χ0v) is 13.6. The summed E-state index contributed by atoms with van der Waals surface area (Å²) in [5.74, 6) is 1.11. The van der Waals surface area contributed by atoms with Crippen molar-refractivity contribution in [2.24, 2.45) is 0 Å². The molecule has 1 saturated heterocycles. The van der Waals surface area contributed by atoms with Crippen molar-refractivity contribution < 1.29 is 0 Å². The number of pyridine rings is 1. The molecule has 2 heterocycles. The first kappa shape index (κ1) is 14.7. The average molecular weight is 307 g/mol. The maximum atomic E-state index is 4.65. The maximum absolute atomic E-state index is 4.65. The highest BCUT2D eigenvalue weighted by molar-refractivity contribution is 5.47. The smallest absolute Gasteiger partial charge is 0.130 e. The molecule has 1 aliphatic carbocycles. The van der Waals surface area contributed by atoms with E-state index in [0.29, 0.717) is 12.1 Å². The molecule has 3 heteroatoms. The van der Waals surface area contributed by atoms with E-state index >= 15 is 0 Å². The molecule has 4 rings (SSSR count). The van der Waals surface area contributed by atoms with E-state index in [0.717, 1.165) is 12.4 Å². The summed E-state index contributed by atoms with van der Waals surface area (Å²) in [5.41, 5.74) is 2.78. The Morgan fingerprint density at radius 3 is 2.65 bits per heavy atom. The molecule has 3 nitrogen and oxygen atoms in total. The third-order valence-corrected chi connectivity index (χ3v) is 5.24. The highest BCUT2D eigenvalue weighted by atomic mass is 15.2. The minimum absolute atomic E-state index is 0.492. The molecule has 2 aliphatic rings. The van der Waals surface area contributed by atoms with E-state index in [1.165, 1.54) is 49.8 Å². The van der Waals surface area contributed by atoms with Crippen molar-refractivity contribution in [2.45, 2.75) is 50.7 Å². The molecule has 1 aromatic heterocycles. The first-order valence-corrected chi connectivity index (χ1v) is 8.89. The van der Waals surface area contributed by atoms with Gasteiger partial charge in [0, 0.05) is 30.4 Å². The second-order valence-corrected chi connectivity index (χ2v) is 6.83. The number of nitrogens with one attached hydrogen (secondary N) is 1. The van der Waals surface area contributed by atoms with Crippen molar-refractivity contribution in [3.8, 4) is 0 Å². The van der Waals surface area contributed by atoms with Gasteiger partial charge in [-0.05, 0) is 50.3 Å². The SMILES string of the molecule is c1ccc(CN2CCC[C@H]2c2cccnc2NC2CCC2)cc1. The second-order valence-electron chi connectivity index (χ2n) is 6.83. The molecule has 0 spiro atoms. The van der Waals surface area contributed by atoms with Gasteiger partial charge < -0.3 is 5.32 Å². The fourth-order valence-corrected chi connectivity index (χ4v) is 3.74. The Morgan fingerprint density at radius 2 is 1.87 bits per heavy atom. The van der Waals surface area contributed by atoms with Crippen LogP contribution in [0.2, 0.25) is 0 Å². The summed E-state index contributed by atoms with van der Waals surface area (Å²) in [4.78, 5) is 7.26. The van der Waals surface area contributed by atoms with E-state index in [1.54, 1.807) is 0 Å². The fraction of sp³-hybridized carbons (Fsp3) is 0.450. The second kappa shape index (κ2) is 6.71. The van der Waals surface area contributed by atoms with Crippen molar-refractivity contribution in [3.05, 3.63) is 59.8 Å². The van der Waals surface area contributed by atoms with E-state index in [9.17, 15) is 0 Å². The van der Waals surface area contributed by atoms with Crippen LogP contribution in [0.4, 0.5) is 5.82 Å². The van der Waals surface area contributed by atoms with Gasteiger partial charge in [-0.2, -0.15) is 0 Å². The van der Waals surface area contributed by atoms with Crippen LogP contribution in [0.25, 0.3) is 0 Å². The van der Waals surface area contributed by atoms with Gasteiger partial charge in [-0.15, -0.1) is 0 Å². The number of anilines is 1. The predicted molar refractivity (Wildman–Crippen MR) is 94.3 cm³/mol. The predicted octanol–water partition coefficient (Wildman–Crippen LogP) is 4.38. The lowest BCUT2D eigenvalue weighted by Gasteiger charge is -2.31. The molecule has 120 valence electrons. The van der Waals surface area contributed by atoms with Crippen LogP contribution in [-0.2, 0) is 6.54 Å². The van der Waals surface area contributed by atoms with Gasteiger partial charge in [0.2, 0.25) is 0 Å². The molecule has 1 aliphatic heterocycles. The number of hydrogen-bond donors (Lipinski definition) is 1. The van der Waals surface area contributed by atoms with Gasteiger partial charge in [0.25, 0.3) is 0 Å². The van der Waals surface area contributed by atoms with E-state index in [-0.39, 0.29) is 0 Å². The normalized spacial score (nSPS) is 22.0. The standard InChI is InChI=1S/C20H25N3/c1-2-7-16(8-3-1)15-23-14-6-12-19(23)18-11-5-13-21-20(18)22-17-9-4-10-17/h1-3,5,7-8,11,13,17,19H,4,6,9-10,12,14-15H2,(H,21,22)/t19-/m0/s1. The van der Waals surface area contributed by atoms with E-state index in [4.69, 9.17) is 0 Å². The van der Waals surface area contributed by atoms with Crippen LogP contribution in [0, 0.1) is 0 Å². The molecular weight excluding hydrogens is 282 g/mol. The Bertz CT molecular complexity index is 636. The Morgan fingerprint density at radius 1 is 1.00 bits per heavy atom. The van der Waals surface area contributed by atoms with Crippen molar-refractivity contribution in [1.29, 1.82) is 0 Å². The molecule has 1 saturated carbocycles. The van der Waals surface area contributed by atoms with Gasteiger partial charge in [0.15, 0.2) is 0 Å². The fourth-order valence-electron chi connectivity index (χ4n) is 3.74. The number of aromatic nitrogens is 1. The summed E-state index contributed by atoms with van der Waals surface area (Å²) < 4.78 is 0. The number of likely N-dealkylation sites (tertiary alicyclic amines) is 1. The van der Waals surface area contributed by atoms with Crippen LogP contribution in [0.5, 0.6) is 0 Å². The summed E-state index contributed by atoms with van der Waals surface area (Å²) in [5, 5.41) is 3.67. The third-order valence-electron chi connectivity index (χ3n) is 5.24.